The molecule has 1 N–H and O–H groups in total. The molecular formula is C15H18BrClN2. The molecule has 2 aromatic rings. The fourth-order valence-corrected chi connectivity index (χ4v) is 3.18. The lowest BCUT2D eigenvalue weighted by Gasteiger charge is -2.10. The van der Waals surface area contributed by atoms with E-state index in [1.165, 1.54) is 17.0 Å². The Morgan fingerprint density at radius 3 is 2.58 bits per heavy atom. The first-order valence-electron chi connectivity index (χ1n) is 6.37. The van der Waals surface area contributed by atoms with Gasteiger partial charge in [0.1, 0.15) is 0 Å². The van der Waals surface area contributed by atoms with Gasteiger partial charge in [0.25, 0.3) is 0 Å². The first kappa shape index (κ1) is 14.5. The molecule has 102 valence electrons. The van der Waals surface area contributed by atoms with Crippen molar-refractivity contribution in [2.75, 3.05) is 5.32 Å². The standard InChI is InChI=1S/C15H18BrClN2/c1-4-19-10(2)7-12(11(19)3)9-18-15-6-5-13(17)8-14(15)16/h5-8,18H,4,9H2,1-3H3. The Balaban J connectivity index is 2.14. The Bertz CT molecular complexity index is 590. The van der Waals surface area contributed by atoms with Crippen LogP contribution in [0, 0.1) is 13.8 Å². The van der Waals surface area contributed by atoms with Crippen LogP contribution >= 0.6 is 27.5 Å². The van der Waals surface area contributed by atoms with E-state index >= 15 is 0 Å². The number of benzene rings is 1. The zero-order valence-electron chi connectivity index (χ0n) is 11.4. The summed E-state index contributed by atoms with van der Waals surface area (Å²) in [5, 5.41) is 4.18. The van der Waals surface area contributed by atoms with Crippen LogP contribution in [0.25, 0.3) is 0 Å². The average Bonchev–Trinajstić information content (AvgIpc) is 2.63. The monoisotopic (exact) mass is 340 g/mol. The second-order valence-corrected chi connectivity index (χ2v) is 5.91. The Hall–Kier alpha value is -0.930. The van der Waals surface area contributed by atoms with E-state index in [2.05, 4.69) is 52.7 Å². The highest BCUT2D eigenvalue weighted by Crippen LogP contribution is 2.27. The molecule has 0 amide bonds. The van der Waals surface area contributed by atoms with Crippen molar-refractivity contribution >= 4 is 33.2 Å². The van der Waals surface area contributed by atoms with E-state index in [-0.39, 0.29) is 0 Å². The highest BCUT2D eigenvalue weighted by molar-refractivity contribution is 9.10. The number of aromatic nitrogens is 1. The molecule has 0 saturated carbocycles. The minimum atomic E-state index is 0.738. The highest BCUT2D eigenvalue weighted by atomic mass is 79.9. The molecule has 1 aromatic heterocycles. The fraction of sp³-hybridized carbons (Fsp3) is 0.333. The molecule has 0 unspecified atom stereocenters. The van der Waals surface area contributed by atoms with E-state index in [0.717, 1.165) is 28.3 Å². The van der Waals surface area contributed by atoms with Gasteiger partial charge in [-0.05, 0) is 66.5 Å². The van der Waals surface area contributed by atoms with Crippen molar-refractivity contribution in [2.45, 2.75) is 33.9 Å². The summed E-state index contributed by atoms with van der Waals surface area (Å²) in [7, 11) is 0. The predicted molar refractivity (Wildman–Crippen MR) is 86.1 cm³/mol. The van der Waals surface area contributed by atoms with Gasteiger partial charge in [-0.15, -0.1) is 0 Å². The molecular weight excluding hydrogens is 324 g/mol. The van der Waals surface area contributed by atoms with Crippen LogP contribution in [0.2, 0.25) is 5.02 Å². The summed E-state index contributed by atoms with van der Waals surface area (Å²) in [6.45, 7) is 8.33. The van der Waals surface area contributed by atoms with Crippen molar-refractivity contribution in [3.05, 3.63) is 50.7 Å². The lowest BCUT2D eigenvalue weighted by atomic mass is 10.2. The maximum atomic E-state index is 5.94. The molecule has 0 atom stereocenters. The topological polar surface area (TPSA) is 17.0 Å². The van der Waals surface area contributed by atoms with E-state index in [1.807, 2.05) is 18.2 Å². The molecule has 4 heteroatoms. The molecule has 1 heterocycles. The fourth-order valence-electron chi connectivity index (χ4n) is 2.36. The van der Waals surface area contributed by atoms with Gasteiger partial charge >= 0.3 is 0 Å². The molecule has 0 bridgehead atoms. The van der Waals surface area contributed by atoms with E-state index in [9.17, 15) is 0 Å². The summed E-state index contributed by atoms with van der Waals surface area (Å²) in [4.78, 5) is 0. The van der Waals surface area contributed by atoms with Crippen LogP contribution in [0.1, 0.15) is 23.9 Å². The van der Waals surface area contributed by atoms with Gasteiger partial charge in [-0.2, -0.15) is 0 Å². The molecule has 2 rings (SSSR count). The predicted octanol–water partition coefficient (Wildman–Crippen LogP) is 5.15. The smallest absolute Gasteiger partial charge is 0.0488 e. The van der Waals surface area contributed by atoms with Crippen molar-refractivity contribution in [1.29, 1.82) is 0 Å². The van der Waals surface area contributed by atoms with E-state index in [0.29, 0.717) is 0 Å². The second kappa shape index (κ2) is 6.02. The number of aryl methyl sites for hydroxylation is 1. The zero-order chi connectivity index (χ0) is 14.0. The molecule has 0 spiro atoms. The van der Waals surface area contributed by atoms with Crippen LogP contribution in [0.4, 0.5) is 5.69 Å². The Morgan fingerprint density at radius 2 is 2.00 bits per heavy atom. The third kappa shape index (κ3) is 3.15. The number of anilines is 1. The van der Waals surface area contributed by atoms with Gasteiger partial charge in [0, 0.05) is 39.7 Å². The molecule has 0 saturated heterocycles. The van der Waals surface area contributed by atoms with Crippen LogP contribution in [-0.2, 0) is 13.1 Å². The molecule has 0 aliphatic rings. The van der Waals surface area contributed by atoms with Crippen LogP contribution in [0.3, 0.4) is 0 Å². The Labute approximate surface area is 127 Å². The summed E-state index contributed by atoms with van der Waals surface area (Å²) in [6, 6.07) is 8.03. The summed E-state index contributed by atoms with van der Waals surface area (Å²) < 4.78 is 3.32. The Kier molecular flexibility index (Phi) is 4.58. The summed E-state index contributed by atoms with van der Waals surface area (Å²) in [6.07, 6.45) is 0. The summed E-state index contributed by atoms with van der Waals surface area (Å²) >= 11 is 9.46. The molecule has 0 fully saturated rings. The van der Waals surface area contributed by atoms with Crippen LogP contribution < -0.4 is 5.32 Å². The normalized spacial score (nSPS) is 10.8. The third-order valence-electron chi connectivity index (χ3n) is 3.40. The lowest BCUT2D eigenvalue weighted by Crippen LogP contribution is -2.03. The van der Waals surface area contributed by atoms with E-state index in [1.54, 1.807) is 0 Å². The van der Waals surface area contributed by atoms with Gasteiger partial charge in [0.2, 0.25) is 0 Å². The van der Waals surface area contributed by atoms with Gasteiger partial charge in [0.15, 0.2) is 0 Å². The Morgan fingerprint density at radius 1 is 1.26 bits per heavy atom. The maximum Gasteiger partial charge on any atom is 0.0488 e. The molecule has 19 heavy (non-hydrogen) atoms. The third-order valence-corrected chi connectivity index (χ3v) is 4.29. The molecule has 1 aromatic carbocycles. The average molecular weight is 342 g/mol. The first-order chi connectivity index (χ1) is 9.02. The highest BCUT2D eigenvalue weighted by Gasteiger charge is 2.08. The largest absolute Gasteiger partial charge is 0.380 e. The van der Waals surface area contributed by atoms with Gasteiger partial charge in [-0.25, -0.2) is 0 Å². The minimum absolute atomic E-state index is 0.738. The molecule has 0 aliphatic heterocycles. The van der Waals surface area contributed by atoms with Crippen molar-refractivity contribution in [3.63, 3.8) is 0 Å². The van der Waals surface area contributed by atoms with Gasteiger partial charge < -0.3 is 9.88 Å². The number of halogens is 2. The van der Waals surface area contributed by atoms with E-state index in [4.69, 9.17) is 11.6 Å². The number of nitrogens with zero attached hydrogens (tertiary/aromatic N) is 1. The van der Waals surface area contributed by atoms with E-state index < -0.39 is 0 Å². The second-order valence-electron chi connectivity index (χ2n) is 4.62. The molecule has 0 aliphatic carbocycles. The van der Waals surface area contributed by atoms with Crippen LogP contribution in [-0.4, -0.2) is 4.57 Å². The first-order valence-corrected chi connectivity index (χ1v) is 7.54. The van der Waals surface area contributed by atoms with Gasteiger partial charge in [-0.3, -0.25) is 0 Å². The van der Waals surface area contributed by atoms with Crippen molar-refractivity contribution in [3.8, 4) is 0 Å². The SMILES string of the molecule is CCn1c(C)cc(CNc2ccc(Cl)cc2Br)c1C. The number of hydrogen-bond acceptors (Lipinski definition) is 1. The van der Waals surface area contributed by atoms with Gasteiger partial charge in [-0.1, -0.05) is 11.6 Å². The summed E-state index contributed by atoms with van der Waals surface area (Å²) in [5.74, 6) is 0. The van der Waals surface area contributed by atoms with Crippen LogP contribution in [0.15, 0.2) is 28.7 Å². The lowest BCUT2D eigenvalue weighted by molar-refractivity contribution is 0.715. The quantitative estimate of drug-likeness (QED) is 0.813. The maximum absolute atomic E-state index is 5.94. The molecule has 0 radical (unpaired) electrons. The van der Waals surface area contributed by atoms with Crippen molar-refractivity contribution in [2.24, 2.45) is 0 Å². The van der Waals surface area contributed by atoms with Gasteiger partial charge in [0.05, 0.1) is 0 Å². The van der Waals surface area contributed by atoms with Crippen molar-refractivity contribution in [1.82, 2.24) is 4.57 Å². The van der Waals surface area contributed by atoms with Crippen molar-refractivity contribution < 1.29 is 0 Å². The zero-order valence-corrected chi connectivity index (χ0v) is 13.8. The number of nitrogens with one attached hydrogen (secondary N) is 1. The number of hydrogen-bond donors (Lipinski definition) is 1. The number of rotatable bonds is 4. The van der Waals surface area contributed by atoms with Crippen LogP contribution in [0.5, 0.6) is 0 Å². The minimum Gasteiger partial charge on any atom is -0.380 e. The molecule has 2 nitrogen and oxygen atoms in total. The summed E-state index contributed by atoms with van der Waals surface area (Å²) in [5.41, 5.74) is 5.04.